The number of anilines is 1. The van der Waals surface area contributed by atoms with E-state index < -0.39 is 15.9 Å². The first-order chi connectivity index (χ1) is 14.8. The fourth-order valence-corrected chi connectivity index (χ4v) is 5.29. The number of amides is 2. The highest BCUT2D eigenvalue weighted by Gasteiger charge is 2.29. The van der Waals surface area contributed by atoms with Crippen LogP contribution >= 0.6 is 0 Å². The Hall–Kier alpha value is -2.71. The molecule has 31 heavy (non-hydrogen) atoms. The molecule has 0 aromatic heterocycles. The number of nitrogens with zero attached hydrogens (tertiary/aromatic N) is 1. The Labute approximate surface area is 183 Å². The van der Waals surface area contributed by atoms with Crippen LogP contribution in [0.1, 0.15) is 49.0 Å². The van der Waals surface area contributed by atoms with Crippen LogP contribution in [0.4, 0.5) is 5.69 Å². The van der Waals surface area contributed by atoms with E-state index in [2.05, 4.69) is 10.6 Å². The van der Waals surface area contributed by atoms with Gasteiger partial charge in [-0.05, 0) is 56.5 Å². The minimum absolute atomic E-state index is 0.0244. The van der Waals surface area contributed by atoms with Crippen molar-refractivity contribution in [1.82, 2.24) is 9.62 Å². The van der Waals surface area contributed by atoms with Crippen LogP contribution in [-0.4, -0.2) is 43.7 Å². The Bertz CT molecular complexity index is 1030. The number of nitrogens with one attached hydrogen (secondary N) is 2. The summed E-state index contributed by atoms with van der Waals surface area (Å²) in [6.07, 6.45) is 2.93. The molecule has 1 heterocycles. The van der Waals surface area contributed by atoms with Gasteiger partial charge in [-0.1, -0.05) is 30.7 Å². The normalized spacial score (nSPS) is 14.9. The number of hydrogen-bond donors (Lipinski definition) is 2. The molecule has 1 aliphatic rings. The number of benzene rings is 2. The first-order valence-corrected chi connectivity index (χ1v) is 12.0. The Morgan fingerprint density at radius 1 is 0.968 bits per heavy atom. The van der Waals surface area contributed by atoms with Crippen LogP contribution in [0.5, 0.6) is 0 Å². The Kier molecular flexibility index (Phi) is 7.46. The molecule has 1 saturated heterocycles. The third kappa shape index (κ3) is 5.92. The average Bonchev–Trinajstić information content (AvgIpc) is 2.75. The summed E-state index contributed by atoms with van der Waals surface area (Å²) in [5.74, 6) is -0.551. The molecular formula is C23H29N3O4S. The van der Waals surface area contributed by atoms with Gasteiger partial charge in [-0.2, -0.15) is 4.31 Å². The fourth-order valence-electron chi connectivity index (χ4n) is 3.59. The lowest BCUT2D eigenvalue weighted by atomic mass is 10.1. The summed E-state index contributed by atoms with van der Waals surface area (Å²) in [6.45, 7) is 4.76. The number of carbonyl (C=O) groups excluding carboxylic acids is 2. The van der Waals surface area contributed by atoms with E-state index in [0.29, 0.717) is 18.8 Å². The van der Waals surface area contributed by atoms with Crippen molar-refractivity contribution in [3.8, 4) is 0 Å². The van der Waals surface area contributed by atoms with Crippen LogP contribution < -0.4 is 10.6 Å². The van der Waals surface area contributed by atoms with Crippen LogP contribution in [-0.2, 0) is 21.2 Å². The van der Waals surface area contributed by atoms with Gasteiger partial charge in [0.15, 0.2) is 0 Å². The predicted molar refractivity (Wildman–Crippen MR) is 120 cm³/mol. The Balaban J connectivity index is 1.73. The molecule has 3 rings (SSSR count). The molecule has 2 amide bonds. The zero-order valence-corrected chi connectivity index (χ0v) is 18.7. The largest absolute Gasteiger partial charge is 0.354 e. The highest BCUT2D eigenvalue weighted by atomic mass is 32.2. The van der Waals surface area contributed by atoms with E-state index >= 15 is 0 Å². The second kappa shape index (κ2) is 10.1. The molecule has 2 aromatic rings. The number of rotatable bonds is 7. The molecule has 1 fully saturated rings. The lowest BCUT2D eigenvalue weighted by Crippen LogP contribution is -2.36. The van der Waals surface area contributed by atoms with Crippen molar-refractivity contribution in [2.45, 2.75) is 50.5 Å². The first kappa shape index (κ1) is 23.0. The van der Waals surface area contributed by atoms with E-state index in [9.17, 15) is 18.0 Å². The first-order valence-electron chi connectivity index (χ1n) is 10.6. The van der Waals surface area contributed by atoms with E-state index in [-0.39, 0.29) is 28.8 Å². The summed E-state index contributed by atoms with van der Waals surface area (Å²) in [6, 6.07) is 13.3. The maximum Gasteiger partial charge on any atom is 0.257 e. The maximum atomic E-state index is 13.1. The van der Waals surface area contributed by atoms with Crippen molar-refractivity contribution < 1.29 is 18.0 Å². The van der Waals surface area contributed by atoms with Crippen molar-refractivity contribution in [1.29, 1.82) is 0 Å². The summed E-state index contributed by atoms with van der Waals surface area (Å²) >= 11 is 0. The summed E-state index contributed by atoms with van der Waals surface area (Å²) in [5.41, 5.74) is 1.47. The minimum atomic E-state index is -3.73. The SMILES string of the molecule is CC(C)NC(=O)Cc1ccc(NC(=O)c2ccccc2S(=O)(=O)N2CCCCC2)cc1. The maximum absolute atomic E-state index is 13.1. The van der Waals surface area contributed by atoms with Crippen LogP contribution in [0.3, 0.4) is 0 Å². The third-order valence-corrected chi connectivity index (χ3v) is 7.05. The van der Waals surface area contributed by atoms with Gasteiger partial charge in [-0.15, -0.1) is 0 Å². The van der Waals surface area contributed by atoms with Crippen LogP contribution in [0.2, 0.25) is 0 Å². The highest BCUT2D eigenvalue weighted by Crippen LogP contribution is 2.24. The van der Waals surface area contributed by atoms with Crippen LogP contribution in [0.15, 0.2) is 53.4 Å². The molecule has 0 radical (unpaired) electrons. The number of piperidine rings is 1. The molecule has 2 aromatic carbocycles. The van der Waals surface area contributed by atoms with Crippen molar-refractivity contribution in [3.05, 3.63) is 59.7 Å². The minimum Gasteiger partial charge on any atom is -0.354 e. The van der Waals surface area contributed by atoms with Crippen LogP contribution in [0, 0.1) is 0 Å². The summed E-state index contributed by atoms with van der Waals surface area (Å²) in [7, 11) is -3.73. The second-order valence-corrected chi connectivity index (χ2v) is 9.92. The van der Waals surface area contributed by atoms with Gasteiger partial charge < -0.3 is 10.6 Å². The molecule has 0 atom stereocenters. The van der Waals surface area contributed by atoms with Gasteiger partial charge in [0.2, 0.25) is 15.9 Å². The van der Waals surface area contributed by atoms with Gasteiger partial charge in [0.25, 0.3) is 5.91 Å². The highest BCUT2D eigenvalue weighted by molar-refractivity contribution is 7.89. The van der Waals surface area contributed by atoms with Crippen molar-refractivity contribution in [2.24, 2.45) is 0 Å². The van der Waals surface area contributed by atoms with Gasteiger partial charge in [0.05, 0.1) is 16.9 Å². The molecule has 7 nitrogen and oxygen atoms in total. The van der Waals surface area contributed by atoms with Crippen LogP contribution in [0.25, 0.3) is 0 Å². The van der Waals surface area contributed by atoms with E-state index in [1.54, 1.807) is 36.4 Å². The number of sulfonamides is 1. The van der Waals surface area contributed by atoms with Crippen molar-refractivity contribution >= 4 is 27.5 Å². The number of carbonyl (C=O) groups is 2. The molecule has 2 N–H and O–H groups in total. The zero-order chi connectivity index (χ0) is 22.4. The quantitative estimate of drug-likeness (QED) is 0.687. The van der Waals surface area contributed by atoms with Crippen molar-refractivity contribution in [2.75, 3.05) is 18.4 Å². The van der Waals surface area contributed by atoms with E-state index in [1.807, 2.05) is 13.8 Å². The monoisotopic (exact) mass is 443 g/mol. The molecule has 0 saturated carbocycles. The molecular weight excluding hydrogens is 414 g/mol. The molecule has 166 valence electrons. The lowest BCUT2D eigenvalue weighted by Gasteiger charge is -2.26. The van der Waals surface area contributed by atoms with Gasteiger partial charge in [-0.25, -0.2) is 8.42 Å². The summed E-state index contributed by atoms with van der Waals surface area (Å²) in [4.78, 5) is 24.8. The van der Waals surface area contributed by atoms with E-state index in [4.69, 9.17) is 0 Å². The van der Waals surface area contributed by atoms with Gasteiger partial charge >= 0.3 is 0 Å². The van der Waals surface area contributed by atoms with E-state index in [0.717, 1.165) is 24.8 Å². The Morgan fingerprint density at radius 3 is 2.26 bits per heavy atom. The zero-order valence-electron chi connectivity index (χ0n) is 17.9. The molecule has 1 aliphatic heterocycles. The summed E-state index contributed by atoms with van der Waals surface area (Å²) < 4.78 is 27.7. The third-order valence-electron chi connectivity index (χ3n) is 5.09. The standard InChI is InChI=1S/C23H29N3O4S/c1-17(2)24-22(27)16-18-10-12-19(13-11-18)25-23(28)20-8-4-5-9-21(20)31(29,30)26-14-6-3-7-15-26/h4-5,8-13,17H,3,6-7,14-16H2,1-2H3,(H,24,27)(H,25,28). The Morgan fingerprint density at radius 2 is 1.61 bits per heavy atom. The van der Waals surface area contributed by atoms with E-state index in [1.165, 1.54) is 16.4 Å². The molecule has 0 spiro atoms. The summed E-state index contributed by atoms with van der Waals surface area (Å²) in [5, 5.41) is 5.60. The smallest absolute Gasteiger partial charge is 0.257 e. The lowest BCUT2D eigenvalue weighted by molar-refractivity contribution is -0.120. The molecule has 8 heteroatoms. The van der Waals surface area contributed by atoms with Crippen molar-refractivity contribution in [3.63, 3.8) is 0 Å². The van der Waals surface area contributed by atoms with Gasteiger partial charge in [0, 0.05) is 24.8 Å². The molecule has 0 unspecified atom stereocenters. The topological polar surface area (TPSA) is 95.6 Å². The van der Waals surface area contributed by atoms with Gasteiger partial charge in [0.1, 0.15) is 0 Å². The molecule has 0 bridgehead atoms. The van der Waals surface area contributed by atoms with Gasteiger partial charge in [-0.3, -0.25) is 9.59 Å². The second-order valence-electron chi connectivity index (χ2n) is 8.01. The number of hydrogen-bond acceptors (Lipinski definition) is 4. The predicted octanol–water partition coefficient (Wildman–Crippen LogP) is 3.18. The average molecular weight is 444 g/mol. The molecule has 0 aliphatic carbocycles. The fraction of sp³-hybridized carbons (Fsp3) is 0.391.